The van der Waals surface area contributed by atoms with Crippen molar-refractivity contribution in [3.8, 4) is 0 Å². The zero-order chi connectivity index (χ0) is 8.36. The number of hydrogen-bond acceptors (Lipinski definition) is 2. The standard InChI is InChI=1S/C2HF4NO2S/c3-2(4,5)1(8)7-10(6)9/h(H,7,8). The molecule has 0 bridgehead atoms. The first-order valence-corrected chi connectivity index (χ1v) is 2.85. The summed E-state index contributed by atoms with van der Waals surface area (Å²) in [4.78, 5) is 9.61. The van der Waals surface area contributed by atoms with E-state index in [0.717, 1.165) is 0 Å². The highest BCUT2D eigenvalue weighted by molar-refractivity contribution is 7.84. The van der Waals surface area contributed by atoms with Gasteiger partial charge < -0.3 is 4.55 Å². The minimum atomic E-state index is -5.19. The molecule has 60 valence electrons. The number of alkyl halides is 3. The Kier molecular flexibility index (Phi) is 2.91. The summed E-state index contributed by atoms with van der Waals surface area (Å²) in [5.74, 6) is -2.56. The second kappa shape index (κ2) is 3.06. The first kappa shape index (κ1) is 9.50. The lowest BCUT2D eigenvalue weighted by atomic mass is 10.6. The molecule has 3 nitrogen and oxygen atoms in total. The van der Waals surface area contributed by atoms with Crippen LogP contribution in [0.1, 0.15) is 0 Å². The maximum atomic E-state index is 11.1. The highest BCUT2D eigenvalue weighted by Crippen LogP contribution is 2.14. The van der Waals surface area contributed by atoms with Gasteiger partial charge in [-0.1, -0.05) is 0 Å². The summed E-state index contributed by atoms with van der Waals surface area (Å²) < 4.78 is 54.2. The number of rotatable bonds is 1. The zero-order valence-corrected chi connectivity index (χ0v) is 5.05. The third-order valence-electron chi connectivity index (χ3n) is 0.430. The molecule has 0 saturated heterocycles. The van der Waals surface area contributed by atoms with Crippen molar-refractivity contribution < 1.29 is 26.4 Å². The van der Waals surface area contributed by atoms with Gasteiger partial charge in [-0.15, -0.1) is 4.72 Å². The summed E-state index contributed by atoms with van der Waals surface area (Å²) in [6.45, 7) is 0. The first-order chi connectivity index (χ1) is 4.34. The van der Waals surface area contributed by atoms with E-state index in [0.29, 0.717) is 4.72 Å². The van der Waals surface area contributed by atoms with Crippen LogP contribution in [0.2, 0.25) is 0 Å². The van der Waals surface area contributed by atoms with Gasteiger partial charge in [-0.25, -0.2) is 0 Å². The Morgan fingerprint density at radius 3 is 2.00 bits per heavy atom. The lowest BCUT2D eigenvalue weighted by Gasteiger charge is -2.02. The van der Waals surface area contributed by atoms with Crippen LogP contribution in [0.25, 0.3) is 0 Å². The quantitative estimate of drug-likeness (QED) is 0.462. The van der Waals surface area contributed by atoms with Gasteiger partial charge >= 0.3 is 23.8 Å². The van der Waals surface area contributed by atoms with E-state index >= 15 is 0 Å². The van der Waals surface area contributed by atoms with Crippen molar-refractivity contribution in [2.45, 2.75) is 6.18 Å². The molecule has 8 heteroatoms. The summed E-state index contributed by atoms with van der Waals surface area (Å²) in [6, 6.07) is 0. The van der Waals surface area contributed by atoms with Crippen LogP contribution in [0.4, 0.5) is 17.1 Å². The summed E-state index contributed by atoms with van der Waals surface area (Å²) >= 11 is -3.46. The molecule has 0 aliphatic heterocycles. The summed E-state index contributed by atoms with van der Waals surface area (Å²) in [5.41, 5.74) is 0. The monoisotopic (exact) mass is 179 g/mol. The van der Waals surface area contributed by atoms with E-state index in [4.69, 9.17) is 0 Å². The van der Waals surface area contributed by atoms with Gasteiger partial charge in [0.25, 0.3) is 0 Å². The molecule has 0 aliphatic carbocycles. The van der Waals surface area contributed by atoms with Crippen molar-refractivity contribution in [2.75, 3.05) is 0 Å². The fourth-order valence-electron chi connectivity index (χ4n) is 0.131. The topological polar surface area (TPSA) is 52.2 Å². The van der Waals surface area contributed by atoms with Crippen LogP contribution in [-0.2, 0) is 16.5 Å². The van der Waals surface area contributed by atoms with Gasteiger partial charge in [-0.3, -0.25) is 4.79 Å². The molecule has 0 spiro atoms. The highest BCUT2D eigenvalue weighted by atomic mass is 32.3. The minimum Gasteiger partial charge on any atom is -0.555 e. The van der Waals surface area contributed by atoms with E-state index in [1.54, 1.807) is 0 Å². The third kappa shape index (κ3) is 3.51. The molecule has 0 aromatic rings. The Hall–Kier alpha value is -0.500. The number of hydrogen-bond donors (Lipinski definition) is 1. The molecular formula is C2HF4NO2S. The number of carbonyl (C=O) groups is 1. The van der Waals surface area contributed by atoms with Crippen molar-refractivity contribution >= 4 is 17.7 Å². The summed E-state index contributed by atoms with van der Waals surface area (Å²) in [5, 5.41) is 0. The Bertz CT molecular complexity index is 134. The second-order valence-electron chi connectivity index (χ2n) is 1.15. The Morgan fingerprint density at radius 1 is 1.50 bits per heavy atom. The SMILES string of the molecule is O=C(N[S+]([O-])F)C(F)(F)F. The fourth-order valence-corrected chi connectivity index (χ4v) is 0.392. The average Bonchev–Trinajstić information content (AvgIpc) is 1.60. The molecule has 0 heterocycles. The fraction of sp³-hybridized carbons (Fsp3) is 0.500. The van der Waals surface area contributed by atoms with Gasteiger partial charge in [0.05, 0.1) is 0 Å². The molecule has 0 rings (SSSR count). The normalized spacial score (nSPS) is 14.5. The van der Waals surface area contributed by atoms with Crippen LogP contribution < -0.4 is 4.72 Å². The molecule has 10 heavy (non-hydrogen) atoms. The van der Waals surface area contributed by atoms with Crippen molar-refractivity contribution in [3.63, 3.8) is 0 Å². The van der Waals surface area contributed by atoms with Crippen LogP contribution in [0, 0.1) is 0 Å². The summed E-state index contributed by atoms with van der Waals surface area (Å²) in [6.07, 6.45) is -5.19. The molecule has 0 aromatic heterocycles. The van der Waals surface area contributed by atoms with Crippen molar-refractivity contribution in [3.05, 3.63) is 0 Å². The Morgan fingerprint density at radius 2 is 1.90 bits per heavy atom. The van der Waals surface area contributed by atoms with Crippen molar-refractivity contribution in [2.24, 2.45) is 0 Å². The van der Waals surface area contributed by atoms with E-state index < -0.39 is 23.8 Å². The molecule has 0 saturated carbocycles. The maximum Gasteiger partial charge on any atom is 0.475 e. The largest absolute Gasteiger partial charge is 0.555 e. The van der Waals surface area contributed by atoms with Gasteiger partial charge in [0.1, 0.15) is 0 Å². The van der Waals surface area contributed by atoms with Gasteiger partial charge in [0.2, 0.25) is 0 Å². The summed E-state index contributed by atoms with van der Waals surface area (Å²) in [7, 11) is 0. The van der Waals surface area contributed by atoms with Crippen LogP contribution in [0.15, 0.2) is 0 Å². The first-order valence-electron chi connectivity index (χ1n) is 1.80. The molecule has 1 amide bonds. The number of amides is 1. The van der Waals surface area contributed by atoms with E-state index in [1.807, 2.05) is 0 Å². The molecule has 0 aromatic carbocycles. The third-order valence-corrected chi connectivity index (χ3v) is 0.776. The van der Waals surface area contributed by atoms with Gasteiger partial charge in [0.15, 0.2) is 0 Å². The molecule has 1 N–H and O–H groups in total. The van der Waals surface area contributed by atoms with E-state index in [-0.39, 0.29) is 0 Å². The number of nitrogens with one attached hydrogen (secondary N) is 1. The van der Waals surface area contributed by atoms with E-state index in [9.17, 15) is 26.4 Å². The van der Waals surface area contributed by atoms with Crippen molar-refractivity contribution in [1.82, 2.24) is 4.72 Å². The lowest BCUT2D eigenvalue weighted by molar-refractivity contribution is -0.171. The molecule has 1 atom stereocenters. The molecule has 1 unspecified atom stereocenters. The van der Waals surface area contributed by atoms with Crippen LogP contribution >= 0.6 is 0 Å². The predicted octanol–water partition coefficient (Wildman–Crippen LogP) is 0.213. The average molecular weight is 179 g/mol. The Labute approximate surface area is 56.0 Å². The molecule has 0 aliphatic rings. The van der Waals surface area contributed by atoms with Crippen molar-refractivity contribution in [1.29, 1.82) is 0 Å². The molecule has 0 fully saturated rings. The maximum absolute atomic E-state index is 11.1. The van der Waals surface area contributed by atoms with Crippen LogP contribution in [0.3, 0.4) is 0 Å². The van der Waals surface area contributed by atoms with Crippen LogP contribution in [-0.4, -0.2) is 16.6 Å². The predicted molar refractivity (Wildman–Crippen MR) is 23.4 cm³/mol. The van der Waals surface area contributed by atoms with Gasteiger partial charge in [-0.05, 0) is 0 Å². The second-order valence-corrected chi connectivity index (χ2v) is 1.80. The molecular weight excluding hydrogens is 178 g/mol. The van der Waals surface area contributed by atoms with E-state index in [1.165, 1.54) is 0 Å². The minimum absolute atomic E-state index is 0.524. The van der Waals surface area contributed by atoms with Gasteiger partial charge in [-0.2, -0.15) is 13.2 Å². The van der Waals surface area contributed by atoms with Crippen LogP contribution in [0.5, 0.6) is 0 Å². The lowest BCUT2D eigenvalue weighted by Crippen LogP contribution is -2.38. The van der Waals surface area contributed by atoms with Gasteiger partial charge in [0, 0.05) is 3.89 Å². The molecule has 0 radical (unpaired) electrons. The Balaban J connectivity index is 3.87. The van der Waals surface area contributed by atoms with E-state index in [2.05, 4.69) is 0 Å². The number of carbonyl (C=O) groups excluding carboxylic acids is 1. The smallest absolute Gasteiger partial charge is 0.475 e. The number of halogens is 4. The zero-order valence-electron chi connectivity index (χ0n) is 4.24. The highest BCUT2D eigenvalue weighted by Gasteiger charge is 2.42.